The van der Waals surface area contributed by atoms with Gasteiger partial charge in [0.05, 0.1) is 0 Å². The SMILES string of the molecule is CC(C)NC(=O)Cn1cnc(C#N)n1. The minimum absolute atomic E-state index is 0.0716. The Hall–Kier alpha value is -1.90. The fraction of sp³-hybridized carbons (Fsp3) is 0.500. The highest BCUT2D eigenvalue weighted by Gasteiger charge is 2.06. The average Bonchev–Trinajstić information content (AvgIpc) is 2.50. The van der Waals surface area contributed by atoms with Gasteiger partial charge in [-0.25, -0.2) is 9.67 Å². The molecule has 0 aliphatic rings. The smallest absolute Gasteiger partial charge is 0.252 e. The molecule has 1 rings (SSSR count). The maximum atomic E-state index is 11.2. The van der Waals surface area contributed by atoms with Gasteiger partial charge in [0.15, 0.2) is 0 Å². The van der Waals surface area contributed by atoms with E-state index < -0.39 is 0 Å². The van der Waals surface area contributed by atoms with E-state index in [0.29, 0.717) is 0 Å². The van der Waals surface area contributed by atoms with Gasteiger partial charge in [0, 0.05) is 6.04 Å². The van der Waals surface area contributed by atoms with Crippen LogP contribution in [0.5, 0.6) is 0 Å². The van der Waals surface area contributed by atoms with E-state index in [1.807, 2.05) is 13.8 Å². The Morgan fingerprint density at radius 3 is 3.00 bits per heavy atom. The summed E-state index contributed by atoms with van der Waals surface area (Å²) in [5.41, 5.74) is 0. The molecule has 0 unspecified atom stereocenters. The van der Waals surface area contributed by atoms with Crippen molar-refractivity contribution in [2.24, 2.45) is 0 Å². The normalized spacial score (nSPS) is 9.86. The fourth-order valence-corrected chi connectivity index (χ4v) is 0.937. The molecule has 1 heterocycles. The van der Waals surface area contributed by atoms with Crippen molar-refractivity contribution in [3.8, 4) is 6.07 Å². The lowest BCUT2D eigenvalue weighted by atomic mass is 10.4. The molecule has 6 heteroatoms. The number of hydrogen-bond donors (Lipinski definition) is 1. The summed E-state index contributed by atoms with van der Waals surface area (Å²) < 4.78 is 1.33. The highest BCUT2D eigenvalue weighted by Crippen LogP contribution is 1.88. The lowest BCUT2D eigenvalue weighted by Gasteiger charge is -2.07. The van der Waals surface area contributed by atoms with Crippen molar-refractivity contribution < 1.29 is 4.79 Å². The molecule has 0 aliphatic heterocycles. The Balaban J connectivity index is 2.53. The summed E-state index contributed by atoms with van der Waals surface area (Å²) in [6.45, 7) is 3.84. The first kappa shape index (κ1) is 10.2. The lowest BCUT2D eigenvalue weighted by molar-refractivity contribution is -0.122. The molecule has 0 spiro atoms. The highest BCUT2D eigenvalue weighted by molar-refractivity contribution is 5.75. The molecule has 0 saturated carbocycles. The van der Waals surface area contributed by atoms with E-state index in [0.717, 1.165) is 0 Å². The van der Waals surface area contributed by atoms with Gasteiger partial charge in [0.25, 0.3) is 5.82 Å². The third-order valence-corrected chi connectivity index (χ3v) is 1.39. The molecule has 1 aromatic rings. The second-order valence-corrected chi connectivity index (χ2v) is 3.10. The summed E-state index contributed by atoms with van der Waals surface area (Å²) in [6.07, 6.45) is 1.36. The second-order valence-electron chi connectivity index (χ2n) is 3.10. The quantitative estimate of drug-likeness (QED) is 0.712. The number of hydrogen-bond acceptors (Lipinski definition) is 4. The lowest BCUT2D eigenvalue weighted by Crippen LogP contribution is -2.33. The van der Waals surface area contributed by atoms with Crippen molar-refractivity contribution in [2.45, 2.75) is 26.4 Å². The molecule has 0 saturated heterocycles. The van der Waals surface area contributed by atoms with Crippen LogP contribution in [0.3, 0.4) is 0 Å². The molecule has 6 nitrogen and oxygen atoms in total. The zero-order chi connectivity index (χ0) is 10.6. The van der Waals surface area contributed by atoms with Crippen LogP contribution in [-0.2, 0) is 11.3 Å². The Kier molecular flexibility index (Phi) is 3.18. The van der Waals surface area contributed by atoms with E-state index >= 15 is 0 Å². The molecule has 0 radical (unpaired) electrons. The molecular formula is C8H11N5O. The van der Waals surface area contributed by atoms with Gasteiger partial charge in [-0.1, -0.05) is 0 Å². The van der Waals surface area contributed by atoms with Gasteiger partial charge in [0.1, 0.15) is 18.9 Å². The fourth-order valence-electron chi connectivity index (χ4n) is 0.937. The van der Waals surface area contributed by atoms with E-state index in [-0.39, 0.29) is 24.3 Å². The molecule has 14 heavy (non-hydrogen) atoms. The topological polar surface area (TPSA) is 83.6 Å². The van der Waals surface area contributed by atoms with Crippen LogP contribution in [0, 0.1) is 11.3 Å². The molecule has 0 aromatic carbocycles. The van der Waals surface area contributed by atoms with E-state index in [2.05, 4.69) is 15.4 Å². The van der Waals surface area contributed by atoms with Crippen molar-refractivity contribution in [2.75, 3.05) is 0 Å². The molecule has 0 bridgehead atoms. The first-order valence-electron chi connectivity index (χ1n) is 4.20. The number of nitrogens with one attached hydrogen (secondary N) is 1. The van der Waals surface area contributed by atoms with Crippen LogP contribution in [0.4, 0.5) is 0 Å². The predicted molar refractivity (Wildman–Crippen MR) is 48.0 cm³/mol. The molecule has 1 amide bonds. The van der Waals surface area contributed by atoms with Gasteiger partial charge in [-0.2, -0.15) is 5.26 Å². The van der Waals surface area contributed by atoms with Crippen molar-refractivity contribution in [3.63, 3.8) is 0 Å². The van der Waals surface area contributed by atoms with Crippen molar-refractivity contribution >= 4 is 5.91 Å². The van der Waals surface area contributed by atoms with Gasteiger partial charge < -0.3 is 5.32 Å². The number of rotatable bonds is 3. The molecule has 0 fully saturated rings. The summed E-state index contributed by atoms with van der Waals surface area (Å²) in [7, 11) is 0. The number of nitriles is 1. The van der Waals surface area contributed by atoms with Gasteiger partial charge in [-0.3, -0.25) is 4.79 Å². The molecule has 1 aromatic heterocycles. The zero-order valence-corrected chi connectivity index (χ0v) is 8.06. The van der Waals surface area contributed by atoms with Crippen LogP contribution in [0.25, 0.3) is 0 Å². The standard InChI is InChI=1S/C8H11N5O/c1-6(2)11-8(14)4-13-5-10-7(3-9)12-13/h5-6H,4H2,1-2H3,(H,11,14). The zero-order valence-electron chi connectivity index (χ0n) is 8.06. The van der Waals surface area contributed by atoms with Crippen LogP contribution >= 0.6 is 0 Å². The van der Waals surface area contributed by atoms with E-state index in [1.165, 1.54) is 11.0 Å². The van der Waals surface area contributed by atoms with Crippen LogP contribution in [0.15, 0.2) is 6.33 Å². The van der Waals surface area contributed by atoms with Gasteiger partial charge in [-0.15, -0.1) is 5.10 Å². The van der Waals surface area contributed by atoms with Gasteiger partial charge >= 0.3 is 0 Å². The number of carbonyl (C=O) groups excluding carboxylic acids is 1. The molecule has 0 atom stereocenters. The Labute approximate surface area is 81.6 Å². The van der Waals surface area contributed by atoms with E-state index in [1.54, 1.807) is 6.07 Å². The first-order chi connectivity index (χ1) is 6.61. The molecule has 1 N–H and O–H groups in total. The second kappa shape index (κ2) is 4.37. The summed E-state index contributed by atoms with van der Waals surface area (Å²) in [6, 6.07) is 1.89. The van der Waals surface area contributed by atoms with Crippen molar-refractivity contribution in [1.29, 1.82) is 5.26 Å². The summed E-state index contributed by atoms with van der Waals surface area (Å²) in [4.78, 5) is 14.9. The monoisotopic (exact) mass is 193 g/mol. The van der Waals surface area contributed by atoms with Crippen LogP contribution in [-0.4, -0.2) is 26.7 Å². The number of aromatic nitrogens is 3. The Bertz CT molecular complexity index is 362. The third-order valence-electron chi connectivity index (χ3n) is 1.39. The Morgan fingerprint density at radius 2 is 2.50 bits per heavy atom. The van der Waals surface area contributed by atoms with E-state index in [4.69, 9.17) is 5.26 Å². The maximum absolute atomic E-state index is 11.2. The largest absolute Gasteiger partial charge is 0.352 e. The summed E-state index contributed by atoms with van der Waals surface area (Å²) in [5.74, 6) is -0.0725. The molecular weight excluding hydrogens is 182 g/mol. The predicted octanol–water partition coefficient (Wildman–Crippen LogP) is -0.326. The van der Waals surface area contributed by atoms with Crippen LogP contribution < -0.4 is 5.32 Å². The van der Waals surface area contributed by atoms with Crippen molar-refractivity contribution in [3.05, 3.63) is 12.2 Å². The summed E-state index contributed by atoms with van der Waals surface area (Å²) in [5, 5.41) is 14.9. The van der Waals surface area contributed by atoms with Crippen molar-refractivity contribution in [1.82, 2.24) is 20.1 Å². The molecule has 0 aliphatic carbocycles. The number of nitrogens with zero attached hydrogens (tertiary/aromatic N) is 4. The minimum atomic E-state index is -0.144. The summed E-state index contributed by atoms with van der Waals surface area (Å²) >= 11 is 0. The molecule has 74 valence electrons. The Morgan fingerprint density at radius 1 is 1.79 bits per heavy atom. The maximum Gasteiger partial charge on any atom is 0.252 e. The first-order valence-corrected chi connectivity index (χ1v) is 4.20. The highest BCUT2D eigenvalue weighted by atomic mass is 16.2. The van der Waals surface area contributed by atoms with E-state index in [9.17, 15) is 4.79 Å². The number of carbonyl (C=O) groups is 1. The van der Waals surface area contributed by atoms with Crippen LogP contribution in [0.1, 0.15) is 19.7 Å². The third kappa shape index (κ3) is 2.86. The average molecular weight is 193 g/mol. The number of amides is 1. The minimum Gasteiger partial charge on any atom is -0.352 e. The van der Waals surface area contributed by atoms with Gasteiger partial charge in [-0.05, 0) is 13.8 Å². The van der Waals surface area contributed by atoms with Crippen LogP contribution in [0.2, 0.25) is 0 Å². The van der Waals surface area contributed by atoms with Gasteiger partial charge in [0.2, 0.25) is 5.91 Å².